The summed E-state index contributed by atoms with van der Waals surface area (Å²) in [5.41, 5.74) is 2.29. The number of aromatic nitrogens is 1. The van der Waals surface area contributed by atoms with Gasteiger partial charge in [-0.3, -0.25) is 9.59 Å². The number of benzene rings is 3. The van der Waals surface area contributed by atoms with Crippen molar-refractivity contribution >= 4 is 45.7 Å². The molecule has 35 heavy (non-hydrogen) atoms. The number of carbonyl (C=O) groups excluding carboxylic acids is 2. The topological polar surface area (TPSA) is 81.6 Å². The first-order valence-electron chi connectivity index (χ1n) is 11.3. The zero-order chi connectivity index (χ0) is 24.8. The Labute approximate surface area is 208 Å². The maximum atomic E-state index is 13.0. The lowest BCUT2D eigenvalue weighted by Crippen LogP contribution is -2.19. The van der Waals surface area contributed by atoms with E-state index in [1.54, 1.807) is 36.4 Å². The highest BCUT2D eigenvalue weighted by atomic mass is 35.5. The SMILES string of the molecule is CCOc1cc(NC(=O)c2ccccc2)c(OCC)cc1NC(=O)Cn1ccc2ccc(Cl)cc21. The number of nitrogens with zero attached hydrogens (tertiary/aromatic N) is 1. The molecule has 2 N–H and O–H groups in total. The zero-order valence-electron chi connectivity index (χ0n) is 19.5. The third-order valence-corrected chi connectivity index (χ3v) is 5.52. The minimum Gasteiger partial charge on any atom is -0.492 e. The van der Waals surface area contributed by atoms with Crippen LogP contribution >= 0.6 is 11.6 Å². The molecule has 3 aromatic carbocycles. The Hall–Kier alpha value is -3.97. The third-order valence-electron chi connectivity index (χ3n) is 5.29. The number of anilines is 2. The van der Waals surface area contributed by atoms with Gasteiger partial charge in [-0.15, -0.1) is 0 Å². The summed E-state index contributed by atoms with van der Waals surface area (Å²) in [7, 11) is 0. The average Bonchev–Trinajstić information content (AvgIpc) is 3.24. The van der Waals surface area contributed by atoms with E-state index >= 15 is 0 Å². The fraction of sp³-hybridized carbons (Fsp3) is 0.185. The summed E-state index contributed by atoms with van der Waals surface area (Å²) in [5, 5.41) is 7.39. The Morgan fingerprint density at radius 3 is 2.17 bits per heavy atom. The minimum absolute atomic E-state index is 0.0892. The molecule has 0 unspecified atom stereocenters. The van der Waals surface area contributed by atoms with Crippen LogP contribution in [0.2, 0.25) is 5.02 Å². The highest BCUT2D eigenvalue weighted by molar-refractivity contribution is 6.31. The second kappa shape index (κ2) is 11.0. The largest absolute Gasteiger partial charge is 0.492 e. The van der Waals surface area contributed by atoms with E-state index < -0.39 is 0 Å². The molecule has 8 heteroatoms. The van der Waals surface area contributed by atoms with Gasteiger partial charge in [0.15, 0.2) is 0 Å². The maximum Gasteiger partial charge on any atom is 0.255 e. The van der Waals surface area contributed by atoms with E-state index in [1.807, 2.05) is 54.9 Å². The lowest BCUT2D eigenvalue weighted by Gasteiger charge is -2.18. The molecule has 0 spiro atoms. The van der Waals surface area contributed by atoms with Crippen molar-refractivity contribution in [1.29, 1.82) is 0 Å². The first-order chi connectivity index (χ1) is 17.0. The molecule has 0 saturated heterocycles. The number of nitrogens with one attached hydrogen (secondary N) is 2. The molecule has 0 radical (unpaired) electrons. The first-order valence-corrected chi connectivity index (χ1v) is 11.7. The summed E-state index contributed by atoms with van der Waals surface area (Å²) >= 11 is 6.13. The van der Waals surface area contributed by atoms with Crippen molar-refractivity contribution in [1.82, 2.24) is 4.57 Å². The van der Waals surface area contributed by atoms with Crippen LogP contribution in [-0.4, -0.2) is 29.6 Å². The summed E-state index contributed by atoms with van der Waals surface area (Å²) in [6, 6.07) is 19.7. The van der Waals surface area contributed by atoms with E-state index in [0.717, 1.165) is 10.9 Å². The molecule has 0 fully saturated rings. The van der Waals surface area contributed by atoms with E-state index in [2.05, 4.69) is 10.6 Å². The number of hydrogen-bond acceptors (Lipinski definition) is 4. The second-order valence-electron chi connectivity index (χ2n) is 7.73. The molecule has 4 rings (SSSR count). The van der Waals surface area contributed by atoms with Crippen LogP contribution in [-0.2, 0) is 11.3 Å². The smallest absolute Gasteiger partial charge is 0.255 e. The van der Waals surface area contributed by atoms with Crippen LogP contribution in [0.1, 0.15) is 24.2 Å². The number of rotatable bonds is 9. The normalized spacial score (nSPS) is 10.7. The molecule has 1 aromatic heterocycles. The van der Waals surface area contributed by atoms with Crippen molar-refractivity contribution in [2.24, 2.45) is 0 Å². The molecular formula is C27H26ClN3O4. The predicted molar refractivity (Wildman–Crippen MR) is 139 cm³/mol. The van der Waals surface area contributed by atoms with Gasteiger partial charge in [0, 0.05) is 34.4 Å². The fourth-order valence-corrected chi connectivity index (χ4v) is 3.89. The molecular weight excluding hydrogens is 466 g/mol. The quantitative estimate of drug-likeness (QED) is 0.301. The van der Waals surface area contributed by atoms with Crippen molar-refractivity contribution in [3.05, 3.63) is 83.5 Å². The van der Waals surface area contributed by atoms with Crippen molar-refractivity contribution in [2.75, 3.05) is 23.8 Å². The Balaban J connectivity index is 1.59. The summed E-state index contributed by atoms with van der Waals surface area (Å²) in [4.78, 5) is 25.7. The Morgan fingerprint density at radius 2 is 1.51 bits per heavy atom. The number of halogens is 1. The van der Waals surface area contributed by atoms with Gasteiger partial charge in [-0.05, 0) is 49.6 Å². The molecule has 4 aromatic rings. The molecule has 2 amide bonds. The van der Waals surface area contributed by atoms with Gasteiger partial charge in [-0.1, -0.05) is 35.9 Å². The van der Waals surface area contributed by atoms with Crippen LogP contribution in [0.5, 0.6) is 11.5 Å². The number of carbonyl (C=O) groups is 2. The Kier molecular flexibility index (Phi) is 7.57. The van der Waals surface area contributed by atoms with Crippen LogP contribution in [0.15, 0.2) is 72.9 Å². The number of hydrogen-bond donors (Lipinski definition) is 2. The van der Waals surface area contributed by atoms with Gasteiger partial charge < -0.3 is 24.7 Å². The van der Waals surface area contributed by atoms with Crippen LogP contribution < -0.4 is 20.1 Å². The zero-order valence-corrected chi connectivity index (χ0v) is 20.3. The Morgan fingerprint density at radius 1 is 0.857 bits per heavy atom. The summed E-state index contributed by atoms with van der Waals surface area (Å²) < 4.78 is 13.4. The minimum atomic E-state index is -0.274. The monoisotopic (exact) mass is 491 g/mol. The number of fused-ring (bicyclic) bond motifs is 1. The van der Waals surface area contributed by atoms with Gasteiger partial charge in [0.2, 0.25) is 5.91 Å². The third kappa shape index (κ3) is 5.75. The standard InChI is InChI=1S/C27H26ClN3O4/c1-3-34-24-16-22(30-27(33)19-8-6-5-7-9-19)25(35-4-2)15-21(24)29-26(32)17-31-13-12-18-10-11-20(28)14-23(18)31/h5-16H,3-4,17H2,1-2H3,(H,29,32)(H,30,33). The molecule has 0 aliphatic rings. The van der Waals surface area contributed by atoms with Gasteiger partial charge in [-0.2, -0.15) is 0 Å². The van der Waals surface area contributed by atoms with Crippen molar-refractivity contribution < 1.29 is 19.1 Å². The van der Waals surface area contributed by atoms with Crippen LogP contribution in [0.25, 0.3) is 10.9 Å². The Bertz CT molecular complexity index is 1350. The number of amides is 2. The van der Waals surface area contributed by atoms with Crippen LogP contribution in [0.4, 0.5) is 11.4 Å². The highest BCUT2D eigenvalue weighted by Gasteiger charge is 2.17. The molecule has 0 aliphatic carbocycles. The van der Waals surface area contributed by atoms with Crippen molar-refractivity contribution in [3.8, 4) is 11.5 Å². The molecule has 0 saturated carbocycles. The van der Waals surface area contributed by atoms with Gasteiger partial charge >= 0.3 is 0 Å². The predicted octanol–water partition coefficient (Wildman–Crippen LogP) is 5.98. The van der Waals surface area contributed by atoms with Gasteiger partial charge in [0.25, 0.3) is 5.91 Å². The first kappa shape index (κ1) is 24.2. The van der Waals surface area contributed by atoms with Crippen molar-refractivity contribution in [3.63, 3.8) is 0 Å². The fourth-order valence-electron chi connectivity index (χ4n) is 3.73. The van der Waals surface area contributed by atoms with Crippen molar-refractivity contribution in [2.45, 2.75) is 20.4 Å². The van der Waals surface area contributed by atoms with E-state index in [1.165, 1.54) is 0 Å². The molecule has 0 atom stereocenters. The molecule has 0 aliphatic heterocycles. The average molecular weight is 492 g/mol. The number of ether oxygens (including phenoxy) is 2. The van der Waals surface area contributed by atoms with Gasteiger partial charge in [0.05, 0.1) is 24.6 Å². The molecule has 1 heterocycles. The van der Waals surface area contributed by atoms with E-state index in [4.69, 9.17) is 21.1 Å². The lowest BCUT2D eigenvalue weighted by atomic mass is 10.2. The molecule has 0 bridgehead atoms. The van der Waals surface area contributed by atoms with Gasteiger partial charge in [0.1, 0.15) is 18.0 Å². The highest BCUT2D eigenvalue weighted by Crippen LogP contribution is 2.37. The van der Waals surface area contributed by atoms with E-state index in [-0.39, 0.29) is 18.4 Å². The van der Waals surface area contributed by atoms with E-state index in [0.29, 0.717) is 46.7 Å². The molecule has 180 valence electrons. The van der Waals surface area contributed by atoms with E-state index in [9.17, 15) is 9.59 Å². The van der Waals surface area contributed by atoms with Crippen LogP contribution in [0.3, 0.4) is 0 Å². The summed E-state index contributed by atoms with van der Waals surface area (Å²) in [5.74, 6) is 0.331. The van der Waals surface area contributed by atoms with Gasteiger partial charge in [-0.25, -0.2) is 0 Å². The molecule has 7 nitrogen and oxygen atoms in total. The summed E-state index contributed by atoms with van der Waals surface area (Å²) in [6.07, 6.45) is 1.85. The summed E-state index contributed by atoms with van der Waals surface area (Å²) in [6.45, 7) is 4.54. The second-order valence-corrected chi connectivity index (χ2v) is 8.16. The van der Waals surface area contributed by atoms with Crippen LogP contribution in [0, 0.1) is 0 Å². The maximum absolute atomic E-state index is 13.0. The lowest BCUT2D eigenvalue weighted by molar-refractivity contribution is -0.116.